The number of aryl methyl sites for hydroxylation is 3. The summed E-state index contributed by atoms with van der Waals surface area (Å²) < 4.78 is 6.56. The number of nitrogens with zero attached hydrogens (tertiary/aromatic N) is 3. The van der Waals surface area contributed by atoms with Crippen LogP contribution in [0.1, 0.15) is 16.7 Å². The fourth-order valence-electron chi connectivity index (χ4n) is 7.49. The molecule has 4 aromatic heterocycles. The Kier molecular flexibility index (Phi) is 9.90. The van der Waals surface area contributed by atoms with Crippen LogP contribution < -0.4 is 0 Å². The van der Waals surface area contributed by atoms with Crippen molar-refractivity contribution >= 4 is 43.6 Å². The van der Waals surface area contributed by atoms with Crippen LogP contribution in [0.4, 0.5) is 0 Å². The first-order valence-electron chi connectivity index (χ1n) is 18.1. The van der Waals surface area contributed by atoms with E-state index in [1.165, 1.54) is 22.3 Å². The average molecular weight is 886 g/mol. The third-order valence-corrected chi connectivity index (χ3v) is 10.2. The van der Waals surface area contributed by atoms with Gasteiger partial charge in [0.2, 0.25) is 0 Å². The second-order valence-electron chi connectivity index (χ2n) is 13.6. The molecule has 267 valence electrons. The Morgan fingerprint density at radius 3 is 2.13 bits per heavy atom. The van der Waals surface area contributed by atoms with Crippen LogP contribution in [0.2, 0.25) is 0 Å². The van der Waals surface area contributed by atoms with Gasteiger partial charge in [-0.05, 0) is 89.6 Å². The molecule has 0 N–H and O–H groups in total. The molecule has 10 aromatic rings. The second-order valence-corrected chi connectivity index (χ2v) is 13.6. The fourth-order valence-corrected chi connectivity index (χ4v) is 7.49. The molecule has 0 bridgehead atoms. The minimum Gasteiger partial charge on any atom is -0.500 e. The molecule has 0 aliphatic heterocycles. The topological polar surface area (TPSA) is 51.8 Å². The van der Waals surface area contributed by atoms with Gasteiger partial charge in [-0.1, -0.05) is 95.9 Å². The van der Waals surface area contributed by atoms with Gasteiger partial charge in [0, 0.05) is 54.2 Å². The van der Waals surface area contributed by atoms with E-state index in [9.17, 15) is 0 Å². The number of aromatic nitrogens is 3. The molecule has 0 amide bonds. The van der Waals surface area contributed by atoms with E-state index in [0.29, 0.717) is 0 Å². The molecule has 0 aliphatic rings. The van der Waals surface area contributed by atoms with Gasteiger partial charge < -0.3 is 14.4 Å². The maximum absolute atomic E-state index is 6.56. The number of pyridine rings is 3. The van der Waals surface area contributed by atoms with Crippen molar-refractivity contribution in [3.63, 3.8) is 0 Å². The molecule has 0 atom stereocenters. The Hall–Kier alpha value is -6.26. The summed E-state index contributed by atoms with van der Waals surface area (Å²) >= 11 is 0. The third kappa shape index (κ3) is 6.74. The molecule has 0 saturated heterocycles. The van der Waals surface area contributed by atoms with E-state index in [2.05, 4.69) is 135 Å². The predicted octanol–water partition coefficient (Wildman–Crippen LogP) is 13.0. The molecule has 1 radical (unpaired) electrons. The number of benzene rings is 6. The van der Waals surface area contributed by atoms with Crippen LogP contribution in [0.15, 0.2) is 162 Å². The van der Waals surface area contributed by atoms with Gasteiger partial charge >= 0.3 is 0 Å². The third-order valence-electron chi connectivity index (χ3n) is 10.2. The van der Waals surface area contributed by atoms with Gasteiger partial charge in [0.05, 0.1) is 16.8 Å². The summed E-state index contributed by atoms with van der Waals surface area (Å²) in [6.45, 7) is 6.47. The van der Waals surface area contributed by atoms with Crippen LogP contribution in [-0.2, 0) is 20.1 Å². The first-order valence-corrected chi connectivity index (χ1v) is 18.1. The zero-order valence-corrected chi connectivity index (χ0v) is 33.0. The van der Waals surface area contributed by atoms with E-state index in [4.69, 9.17) is 14.4 Å². The van der Waals surface area contributed by atoms with Crippen molar-refractivity contribution in [2.24, 2.45) is 0 Å². The normalized spacial score (nSPS) is 11.0. The summed E-state index contributed by atoms with van der Waals surface area (Å²) in [6, 6.07) is 56.2. The molecular weight excluding hydrogens is 851 g/mol. The van der Waals surface area contributed by atoms with Crippen molar-refractivity contribution in [2.45, 2.75) is 20.8 Å². The van der Waals surface area contributed by atoms with E-state index in [0.717, 1.165) is 82.9 Å². The standard InChI is InChI=1S/C39H27N2O.C11H8N.Ir/c1-23-8-6-9-24(2)37(23)35-19-17-29-25(3)28(16-18-34(29)41-35)27-20-21-40-36(22-27)33-13-7-12-31-32-15-14-26-10-4-5-11-30(26)38(32)42-39(31)33;1-2-6-10(7-3-1)11-8-4-5-9-12-11;/h4-12,14-22H,1-3H3;1-6,8-9H;/q2*-1;. The number of hydrogen-bond donors (Lipinski definition) is 0. The summed E-state index contributed by atoms with van der Waals surface area (Å²) in [4.78, 5) is 14.1. The smallest absolute Gasteiger partial charge is 0.128 e. The predicted molar refractivity (Wildman–Crippen MR) is 222 cm³/mol. The summed E-state index contributed by atoms with van der Waals surface area (Å²) in [7, 11) is 0. The van der Waals surface area contributed by atoms with Gasteiger partial charge in [-0.25, -0.2) is 4.98 Å². The van der Waals surface area contributed by atoms with Crippen molar-refractivity contribution in [1.82, 2.24) is 15.0 Å². The fraction of sp³-hybridized carbons (Fsp3) is 0.0600. The molecule has 0 aliphatic carbocycles. The minimum atomic E-state index is 0. The number of fused-ring (bicyclic) bond motifs is 6. The summed E-state index contributed by atoms with van der Waals surface area (Å²) in [6.07, 6.45) is 3.66. The van der Waals surface area contributed by atoms with Crippen molar-refractivity contribution in [2.75, 3.05) is 0 Å². The molecule has 0 saturated carbocycles. The Balaban J connectivity index is 0.000000280. The molecule has 5 heteroatoms. The average Bonchev–Trinajstić information content (AvgIpc) is 3.62. The quantitative estimate of drug-likeness (QED) is 0.165. The largest absolute Gasteiger partial charge is 0.500 e. The van der Waals surface area contributed by atoms with Crippen LogP contribution in [-0.4, -0.2) is 15.0 Å². The Labute approximate surface area is 333 Å². The molecule has 10 rings (SSSR count). The first kappa shape index (κ1) is 35.8. The van der Waals surface area contributed by atoms with Gasteiger partial charge in [0.1, 0.15) is 5.58 Å². The molecule has 55 heavy (non-hydrogen) atoms. The van der Waals surface area contributed by atoms with E-state index >= 15 is 0 Å². The summed E-state index contributed by atoms with van der Waals surface area (Å²) in [5.74, 6) is 0. The van der Waals surface area contributed by atoms with Crippen molar-refractivity contribution < 1.29 is 24.5 Å². The van der Waals surface area contributed by atoms with E-state index in [1.54, 1.807) is 6.20 Å². The Bertz CT molecular complexity index is 2920. The number of hydrogen-bond acceptors (Lipinski definition) is 4. The maximum atomic E-state index is 6.56. The second kappa shape index (κ2) is 15.2. The molecule has 4 nitrogen and oxygen atoms in total. The number of furan rings is 1. The molecule has 0 fully saturated rings. The SMILES string of the molecule is Cc1cccc(C)c1-c1ccc2c(C)c(-c3ccnc(-c4[c-]ccc5c4oc4c6ccccc6ccc54)c3)ccc2n1.[Ir].[c-]1ccccc1-c1ccccn1. The number of rotatable bonds is 4. The van der Waals surface area contributed by atoms with Crippen LogP contribution in [0.25, 0.3) is 88.5 Å². The van der Waals surface area contributed by atoms with Crippen molar-refractivity contribution in [3.8, 4) is 44.9 Å². The van der Waals surface area contributed by atoms with E-state index in [-0.39, 0.29) is 20.1 Å². The molecular formula is C50H35IrN3O-2. The van der Waals surface area contributed by atoms with Crippen molar-refractivity contribution in [1.29, 1.82) is 0 Å². The zero-order valence-electron chi connectivity index (χ0n) is 30.6. The van der Waals surface area contributed by atoms with E-state index in [1.807, 2.05) is 54.7 Å². The van der Waals surface area contributed by atoms with Gasteiger partial charge in [0.25, 0.3) is 0 Å². The van der Waals surface area contributed by atoms with Crippen LogP contribution in [0.5, 0.6) is 0 Å². The molecule has 0 unspecified atom stereocenters. The first-order chi connectivity index (χ1) is 26.5. The van der Waals surface area contributed by atoms with Crippen LogP contribution in [0, 0.1) is 32.9 Å². The van der Waals surface area contributed by atoms with E-state index < -0.39 is 0 Å². The molecule has 4 heterocycles. The maximum Gasteiger partial charge on any atom is 0.128 e. The minimum absolute atomic E-state index is 0. The monoisotopic (exact) mass is 886 g/mol. The van der Waals surface area contributed by atoms with Crippen LogP contribution in [0.3, 0.4) is 0 Å². The molecule has 6 aromatic carbocycles. The van der Waals surface area contributed by atoms with Gasteiger partial charge in [-0.3, -0.25) is 0 Å². The molecule has 0 spiro atoms. The van der Waals surface area contributed by atoms with Crippen molar-refractivity contribution in [3.05, 3.63) is 187 Å². The van der Waals surface area contributed by atoms with Gasteiger partial charge in [0.15, 0.2) is 0 Å². The zero-order chi connectivity index (χ0) is 36.6. The summed E-state index contributed by atoms with van der Waals surface area (Å²) in [5, 5.41) is 5.61. The Morgan fingerprint density at radius 2 is 1.31 bits per heavy atom. The van der Waals surface area contributed by atoms with Gasteiger partial charge in [-0.2, -0.15) is 0 Å². The van der Waals surface area contributed by atoms with Crippen LogP contribution >= 0.6 is 0 Å². The Morgan fingerprint density at radius 1 is 0.527 bits per heavy atom. The van der Waals surface area contributed by atoms with Gasteiger partial charge in [-0.15, -0.1) is 54.1 Å². The summed E-state index contributed by atoms with van der Waals surface area (Å²) in [5.41, 5.74) is 14.6.